The standard InChI is InChI=1S/C15H25N3O/c16-15(9-5-2-6-10-15)14-17-13(19-18-14)11-12-7-3-1-4-8-12/h12H,1-11,16H2. The Hall–Kier alpha value is -0.900. The largest absolute Gasteiger partial charge is 0.339 e. The second-order valence-electron chi connectivity index (χ2n) is 6.44. The molecule has 0 atom stereocenters. The molecule has 2 aliphatic carbocycles. The van der Waals surface area contributed by atoms with Gasteiger partial charge in [0.25, 0.3) is 0 Å². The molecule has 1 heterocycles. The van der Waals surface area contributed by atoms with E-state index >= 15 is 0 Å². The first kappa shape index (κ1) is 13.1. The lowest BCUT2D eigenvalue weighted by atomic mass is 9.82. The van der Waals surface area contributed by atoms with E-state index in [0.717, 1.165) is 36.9 Å². The van der Waals surface area contributed by atoms with Crippen LogP contribution >= 0.6 is 0 Å². The van der Waals surface area contributed by atoms with Crippen LogP contribution < -0.4 is 5.73 Å². The van der Waals surface area contributed by atoms with Crippen LogP contribution in [0, 0.1) is 5.92 Å². The second kappa shape index (κ2) is 5.61. The average Bonchev–Trinajstić information content (AvgIpc) is 2.90. The second-order valence-corrected chi connectivity index (χ2v) is 6.44. The zero-order valence-electron chi connectivity index (χ0n) is 11.7. The van der Waals surface area contributed by atoms with E-state index in [0.29, 0.717) is 0 Å². The summed E-state index contributed by atoms with van der Waals surface area (Å²) in [5, 5.41) is 4.17. The molecule has 0 aromatic carbocycles. The number of aromatic nitrogens is 2. The maximum atomic E-state index is 6.44. The first-order valence-corrected chi connectivity index (χ1v) is 7.88. The molecule has 4 heteroatoms. The van der Waals surface area contributed by atoms with Crippen molar-refractivity contribution in [2.75, 3.05) is 0 Å². The van der Waals surface area contributed by atoms with Crippen LogP contribution in [0.5, 0.6) is 0 Å². The van der Waals surface area contributed by atoms with Crippen molar-refractivity contribution in [2.45, 2.75) is 76.2 Å². The van der Waals surface area contributed by atoms with Crippen LogP contribution in [0.1, 0.15) is 75.9 Å². The molecule has 0 unspecified atom stereocenters. The van der Waals surface area contributed by atoms with E-state index in [4.69, 9.17) is 10.3 Å². The van der Waals surface area contributed by atoms with Crippen molar-refractivity contribution in [3.05, 3.63) is 11.7 Å². The van der Waals surface area contributed by atoms with Gasteiger partial charge in [-0.1, -0.05) is 43.7 Å². The van der Waals surface area contributed by atoms with Crippen molar-refractivity contribution >= 4 is 0 Å². The molecule has 3 rings (SSSR count). The van der Waals surface area contributed by atoms with Gasteiger partial charge in [-0.2, -0.15) is 4.98 Å². The van der Waals surface area contributed by atoms with E-state index in [-0.39, 0.29) is 5.54 Å². The van der Waals surface area contributed by atoms with Gasteiger partial charge in [0.2, 0.25) is 5.89 Å². The summed E-state index contributed by atoms with van der Waals surface area (Å²) >= 11 is 0. The summed E-state index contributed by atoms with van der Waals surface area (Å²) in [6.07, 6.45) is 13.3. The summed E-state index contributed by atoms with van der Waals surface area (Å²) in [6.45, 7) is 0. The molecule has 0 amide bonds. The third-order valence-electron chi connectivity index (χ3n) is 4.85. The fourth-order valence-electron chi connectivity index (χ4n) is 3.58. The van der Waals surface area contributed by atoms with E-state index < -0.39 is 0 Å². The quantitative estimate of drug-likeness (QED) is 0.908. The van der Waals surface area contributed by atoms with E-state index in [9.17, 15) is 0 Å². The highest BCUT2D eigenvalue weighted by molar-refractivity contribution is 5.05. The molecule has 0 aliphatic heterocycles. The minimum absolute atomic E-state index is 0.327. The number of hydrogen-bond donors (Lipinski definition) is 1. The summed E-state index contributed by atoms with van der Waals surface area (Å²) in [4.78, 5) is 4.60. The Morgan fingerprint density at radius 2 is 1.74 bits per heavy atom. The Kier molecular flexibility index (Phi) is 3.87. The molecule has 1 aromatic heterocycles. The highest BCUT2D eigenvalue weighted by atomic mass is 16.5. The van der Waals surface area contributed by atoms with Crippen molar-refractivity contribution in [3.8, 4) is 0 Å². The van der Waals surface area contributed by atoms with Crippen LogP contribution in [-0.2, 0) is 12.0 Å². The van der Waals surface area contributed by atoms with Crippen molar-refractivity contribution in [1.29, 1.82) is 0 Å². The van der Waals surface area contributed by atoms with Gasteiger partial charge in [0.05, 0.1) is 5.54 Å². The van der Waals surface area contributed by atoms with Crippen molar-refractivity contribution in [3.63, 3.8) is 0 Å². The van der Waals surface area contributed by atoms with Crippen molar-refractivity contribution < 1.29 is 4.52 Å². The molecule has 0 spiro atoms. The van der Waals surface area contributed by atoms with Gasteiger partial charge in [0, 0.05) is 6.42 Å². The van der Waals surface area contributed by atoms with Crippen LogP contribution in [0.25, 0.3) is 0 Å². The average molecular weight is 263 g/mol. The molecule has 2 N–H and O–H groups in total. The Bertz CT molecular complexity index is 403. The Balaban J connectivity index is 1.65. The fourth-order valence-corrected chi connectivity index (χ4v) is 3.58. The van der Waals surface area contributed by atoms with Gasteiger partial charge in [0.15, 0.2) is 5.82 Å². The maximum Gasteiger partial charge on any atom is 0.226 e. The zero-order chi connectivity index (χ0) is 13.1. The predicted octanol–water partition coefficient (Wildman–Crippen LogP) is 3.31. The SMILES string of the molecule is NC1(c2noc(CC3CCCCC3)n2)CCCCC1. The lowest BCUT2D eigenvalue weighted by Gasteiger charge is -2.29. The van der Waals surface area contributed by atoms with Gasteiger partial charge < -0.3 is 10.3 Å². The third kappa shape index (κ3) is 2.99. The molecule has 106 valence electrons. The number of nitrogens with zero attached hydrogens (tertiary/aromatic N) is 2. The van der Waals surface area contributed by atoms with Crippen molar-refractivity contribution in [1.82, 2.24) is 10.1 Å². The van der Waals surface area contributed by atoms with Crippen molar-refractivity contribution in [2.24, 2.45) is 11.7 Å². The summed E-state index contributed by atoms with van der Waals surface area (Å²) in [5.74, 6) is 2.29. The minimum atomic E-state index is -0.327. The molecular formula is C15H25N3O. The predicted molar refractivity (Wildman–Crippen MR) is 73.5 cm³/mol. The monoisotopic (exact) mass is 263 g/mol. The van der Waals surface area contributed by atoms with Gasteiger partial charge in [-0.05, 0) is 31.6 Å². The van der Waals surface area contributed by atoms with Gasteiger partial charge in [-0.15, -0.1) is 0 Å². The molecule has 0 bridgehead atoms. The smallest absolute Gasteiger partial charge is 0.226 e. The molecule has 0 saturated heterocycles. The normalized spacial score (nSPS) is 24.5. The fraction of sp³-hybridized carbons (Fsp3) is 0.867. The molecule has 19 heavy (non-hydrogen) atoms. The number of rotatable bonds is 3. The minimum Gasteiger partial charge on any atom is -0.339 e. The lowest BCUT2D eigenvalue weighted by molar-refractivity contribution is 0.269. The first-order chi connectivity index (χ1) is 9.26. The van der Waals surface area contributed by atoms with Gasteiger partial charge in [-0.3, -0.25) is 0 Å². The van der Waals surface area contributed by atoms with E-state index in [1.54, 1.807) is 0 Å². The molecule has 4 nitrogen and oxygen atoms in total. The molecule has 2 aliphatic rings. The summed E-state index contributed by atoms with van der Waals surface area (Å²) < 4.78 is 5.44. The summed E-state index contributed by atoms with van der Waals surface area (Å²) in [7, 11) is 0. The third-order valence-corrected chi connectivity index (χ3v) is 4.85. The molecule has 0 radical (unpaired) electrons. The maximum absolute atomic E-state index is 6.44. The molecule has 2 saturated carbocycles. The van der Waals surface area contributed by atoms with Crippen LogP contribution in [0.3, 0.4) is 0 Å². The summed E-state index contributed by atoms with van der Waals surface area (Å²) in [5.41, 5.74) is 6.12. The highest BCUT2D eigenvalue weighted by Crippen LogP contribution is 2.33. The topological polar surface area (TPSA) is 64.9 Å². The first-order valence-electron chi connectivity index (χ1n) is 7.88. The molecule has 1 aromatic rings. The van der Waals surface area contributed by atoms with Gasteiger partial charge in [-0.25, -0.2) is 0 Å². The zero-order valence-corrected chi connectivity index (χ0v) is 11.7. The van der Waals surface area contributed by atoms with Crippen LogP contribution in [0.2, 0.25) is 0 Å². The Labute approximate surface area is 115 Å². The number of hydrogen-bond acceptors (Lipinski definition) is 4. The Morgan fingerprint density at radius 3 is 2.47 bits per heavy atom. The van der Waals surface area contributed by atoms with Crippen LogP contribution in [0.4, 0.5) is 0 Å². The van der Waals surface area contributed by atoms with Crippen LogP contribution in [0.15, 0.2) is 4.52 Å². The van der Waals surface area contributed by atoms with Gasteiger partial charge in [0.1, 0.15) is 0 Å². The van der Waals surface area contributed by atoms with Gasteiger partial charge >= 0.3 is 0 Å². The number of nitrogens with two attached hydrogens (primary N) is 1. The lowest BCUT2D eigenvalue weighted by Crippen LogP contribution is -2.39. The highest BCUT2D eigenvalue weighted by Gasteiger charge is 2.34. The molecular weight excluding hydrogens is 238 g/mol. The van der Waals surface area contributed by atoms with E-state index in [1.807, 2.05) is 0 Å². The van der Waals surface area contributed by atoms with E-state index in [2.05, 4.69) is 10.1 Å². The molecule has 2 fully saturated rings. The van der Waals surface area contributed by atoms with Crippen LogP contribution in [-0.4, -0.2) is 10.1 Å². The summed E-state index contributed by atoms with van der Waals surface area (Å²) in [6, 6.07) is 0. The van der Waals surface area contributed by atoms with E-state index in [1.165, 1.54) is 51.4 Å². The Morgan fingerprint density at radius 1 is 1.05 bits per heavy atom.